The smallest absolute Gasteiger partial charge is 0.185 e. The van der Waals surface area contributed by atoms with Crippen molar-refractivity contribution >= 4 is 11.9 Å². The van der Waals surface area contributed by atoms with E-state index in [1.54, 1.807) is 36.4 Å². The summed E-state index contributed by atoms with van der Waals surface area (Å²) in [6, 6.07) is 9.39. The highest BCUT2D eigenvalue weighted by atomic mass is 16.5. The van der Waals surface area contributed by atoms with Gasteiger partial charge in [0.2, 0.25) is 0 Å². The largest absolute Gasteiger partial charge is 0.508 e. The number of ether oxygens (including phenoxy) is 1. The molecule has 0 aliphatic heterocycles. The van der Waals surface area contributed by atoms with Crippen LogP contribution in [0.3, 0.4) is 0 Å². The van der Waals surface area contributed by atoms with E-state index in [4.69, 9.17) is 4.74 Å². The summed E-state index contributed by atoms with van der Waals surface area (Å²) in [6.07, 6.45) is 5.32. The van der Waals surface area contributed by atoms with Gasteiger partial charge in [-0.3, -0.25) is 4.79 Å². The lowest BCUT2D eigenvalue weighted by molar-refractivity contribution is 0.104. The Hall–Kier alpha value is -3.01. The summed E-state index contributed by atoms with van der Waals surface area (Å²) < 4.78 is 5.52. The molecule has 0 aliphatic rings. The first kappa shape index (κ1) is 17.3. The average Bonchev–Trinajstić information content (AvgIpc) is 2.57. The van der Waals surface area contributed by atoms with Gasteiger partial charge in [-0.15, -0.1) is 6.58 Å². The number of aromatic hydroxyl groups is 2. The zero-order valence-electron chi connectivity index (χ0n) is 13.5. The minimum atomic E-state index is -0.184. The molecular formula is C20H20O4. The fraction of sp³-hybridized carbons (Fsp3) is 0.150. The summed E-state index contributed by atoms with van der Waals surface area (Å²) in [7, 11) is 0. The number of ketones is 1. The lowest BCUT2D eigenvalue weighted by atomic mass is 10.0. The molecule has 0 aromatic heterocycles. The lowest BCUT2D eigenvalue weighted by Gasteiger charge is -2.11. The summed E-state index contributed by atoms with van der Waals surface area (Å²) in [5.41, 5.74) is 1.90. The van der Waals surface area contributed by atoms with Crippen LogP contribution in [0.1, 0.15) is 28.4 Å². The molecule has 2 N–H and O–H groups in total. The highest BCUT2D eigenvalue weighted by Crippen LogP contribution is 2.30. The number of hydrogen-bond donors (Lipinski definition) is 2. The predicted molar refractivity (Wildman–Crippen MR) is 94.6 cm³/mol. The molecule has 4 heteroatoms. The Morgan fingerprint density at radius 1 is 1.21 bits per heavy atom. The number of rotatable bonds is 7. The highest BCUT2D eigenvalue weighted by Gasteiger charge is 2.09. The Kier molecular flexibility index (Phi) is 5.79. The van der Waals surface area contributed by atoms with Crippen molar-refractivity contribution in [1.29, 1.82) is 0 Å². The Bertz CT molecular complexity index is 758. The van der Waals surface area contributed by atoms with Crippen molar-refractivity contribution in [3.05, 3.63) is 71.8 Å². The highest BCUT2D eigenvalue weighted by molar-refractivity contribution is 6.07. The molecule has 0 amide bonds. The first-order valence-corrected chi connectivity index (χ1v) is 7.66. The summed E-state index contributed by atoms with van der Waals surface area (Å²) in [4.78, 5) is 12.2. The van der Waals surface area contributed by atoms with Gasteiger partial charge in [0.1, 0.15) is 17.2 Å². The van der Waals surface area contributed by atoms with Crippen molar-refractivity contribution in [2.24, 2.45) is 0 Å². The summed E-state index contributed by atoms with van der Waals surface area (Å²) in [5.74, 6) is 0.579. The Balaban J connectivity index is 2.31. The van der Waals surface area contributed by atoms with Gasteiger partial charge in [0.05, 0.1) is 6.61 Å². The average molecular weight is 324 g/mol. The van der Waals surface area contributed by atoms with E-state index in [9.17, 15) is 15.0 Å². The van der Waals surface area contributed by atoms with Crippen LogP contribution in [-0.2, 0) is 6.42 Å². The van der Waals surface area contributed by atoms with E-state index in [0.29, 0.717) is 35.5 Å². The third-order valence-electron chi connectivity index (χ3n) is 3.44. The van der Waals surface area contributed by atoms with Crippen LogP contribution in [-0.4, -0.2) is 22.6 Å². The van der Waals surface area contributed by atoms with Gasteiger partial charge >= 0.3 is 0 Å². The third-order valence-corrected chi connectivity index (χ3v) is 3.44. The molecule has 0 fully saturated rings. The third kappa shape index (κ3) is 4.26. The first-order valence-electron chi connectivity index (χ1n) is 7.66. The monoisotopic (exact) mass is 324 g/mol. The molecule has 24 heavy (non-hydrogen) atoms. The molecule has 0 heterocycles. The molecule has 0 spiro atoms. The van der Waals surface area contributed by atoms with Crippen LogP contribution in [0.25, 0.3) is 6.08 Å². The Morgan fingerprint density at radius 3 is 2.54 bits per heavy atom. The van der Waals surface area contributed by atoms with E-state index < -0.39 is 0 Å². The van der Waals surface area contributed by atoms with Gasteiger partial charge in [0.25, 0.3) is 0 Å². The summed E-state index contributed by atoms with van der Waals surface area (Å²) in [5, 5.41) is 19.3. The van der Waals surface area contributed by atoms with Crippen LogP contribution in [0.4, 0.5) is 0 Å². The zero-order chi connectivity index (χ0) is 17.5. The Labute approximate surface area is 141 Å². The van der Waals surface area contributed by atoms with Gasteiger partial charge in [-0.2, -0.15) is 0 Å². The molecule has 2 aromatic carbocycles. The number of carbonyl (C=O) groups is 1. The van der Waals surface area contributed by atoms with Gasteiger partial charge in [-0.05, 0) is 61.4 Å². The fourth-order valence-corrected chi connectivity index (χ4v) is 2.25. The summed E-state index contributed by atoms with van der Waals surface area (Å²) in [6.45, 7) is 5.97. The minimum absolute atomic E-state index is 0.113. The van der Waals surface area contributed by atoms with Crippen molar-refractivity contribution in [2.45, 2.75) is 13.3 Å². The van der Waals surface area contributed by atoms with Gasteiger partial charge in [0, 0.05) is 17.2 Å². The number of hydrogen-bond acceptors (Lipinski definition) is 4. The zero-order valence-corrected chi connectivity index (χ0v) is 13.5. The topological polar surface area (TPSA) is 66.8 Å². The maximum absolute atomic E-state index is 12.2. The second-order valence-electron chi connectivity index (χ2n) is 5.19. The maximum Gasteiger partial charge on any atom is 0.185 e. The van der Waals surface area contributed by atoms with Crippen LogP contribution in [0.15, 0.2) is 55.1 Å². The van der Waals surface area contributed by atoms with E-state index in [0.717, 1.165) is 0 Å². The normalized spacial score (nSPS) is 10.7. The summed E-state index contributed by atoms with van der Waals surface area (Å²) >= 11 is 0. The van der Waals surface area contributed by atoms with E-state index in [2.05, 4.69) is 6.58 Å². The van der Waals surface area contributed by atoms with Crippen molar-refractivity contribution in [3.8, 4) is 17.2 Å². The second-order valence-corrected chi connectivity index (χ2v) is 5.19. The lowest BCUT2D eigenvalue weighted by Crippen LogP contribution is -1.97. The fourth-order valence-electron chi connectivity index (χ4n) is 2.25. The predicted octanol–water partition coefficient (Wildman–Crippen LogP) is 4.12. The van der Waals surface area contributed by atoms with Crippen LogP contribution >= 0.6 is 0 Å². The molecule has 0 unspecified atom stereocenters. The number of phenols is 2. The molecule has 0 saturated carbocycles. The van der Waals surface area contributed by atoms with Crippen molar-refractivity contribution < 1.29 is 19.7 Å². The van der Waals surface area contributed by atoms with Gasteiger partial charge in [-0.1, -0.05) is 6.08 Å². The molecule has 2 rings (SSSR count). The number of phenolic OH excluding ortho intramolecular Hbond substituents is 2. The molecule has 4 nitrogen and oxygen atoms in total. The van der Waals surface area contributed by atoms with Crippen molar-refractivity contribution in [2.75, 3.05) is 6.61 Å². The number of carbonyl (C=O) groups excluding carboxylic acids is 1. The SMILES string of the molecule is C=CCc1cc(/C=C/C(=O)c2ccc(O)cc2)c(OCC)cc1O. The van der Waals surface area contributed by atoms with Crippen LogP contribution in [0.2, 0.25) is 0 Å². The molecule has 0 atom stereocenters. The molecule has 0 bridgehead atoms. The second kappa shape index (κ2) is 8.02. The standard InChI is InChI=1S/C20H20O4/c1-3-5-15-12-16(20(24-4-2)13-19(15)23)8-11-18(22)14-6-9-17(21)10-7-14/h3,6-13,21,23H,1,4-5H2,2H3/b11-8+. The molecule has 0 radical (unpaired) electrons. The van der Waals surface area contributed by atoms with Crippen LogP contribution in [0.5, 0.6) is 17.2 Å². The van der Waals surface area contributed by atoms with Gasteiger partial charge in [0.15, 0.2) is 5.78 Å². The van der Waals surface area contributed by atoms with E-state index >= 15 is 0 Å². The molecule has 0 aliphatic carbocycles. The minimum Gasteiger partial charge on any atom is -0.508 e. The van der Waals surface area contributed by atoms with Crippen LogP contribution in [0, 0.1) is 0 Å². The van der Waals surface area contributed by atoms with Crippen molar-refractivity contribution in [3.63, 3.8) is 0 Å². The maximum atomic E-state index is 12.2. The molecular weight excluding hydrogens is 304 g/mol. The number of allylic oxidation sites excluding steroid dienone is 2. The van der Waals surface area contributed by atoms with Gasteiger partial charge in [-0.25, -0.2) is 0 Å². The van der Waals surface area contributed by atoms with Crippen molar-refractivity contribution in [1.82, 2.24) is 0 Å². The van der Waals surface area contributed by atoms with E-state index in [-0.39, 0.29) is 17.3 Å². The van der Waals surface area contributed by atoms with Gasteiger partial charge < -0.3 is 14.9 Å². The molecule has 0 saturated heterocycles. The number of benzene rings is 2. The van der Waals surface area contributed by atoms with Crippen LogP contribution < -0.4 is 4.74 Å². The van der Waals surface area contributed by atoms with E-state index in [1.165, 1.54) is 18.2 Å². The molecule has 2 aromatic rings. The quantitative estimate of drug-likeness (QED) is 0.457. The first-order chi connectivity index (χ1) is 11.5. The molecule has 124 valence electrons. The van der Waals surface area contributed by atoms with E-state index in [1.807, 2.05) is 6.92 Å². The Morgan fingerprint density at radius 2 is 1.92 bits per heavy atom.